The number of nitrogen functional groups attached to an aromatic ring is 1. The van der Waals surface area contributed by atoms with E-state index in [1.807, 2.05) is 30.3 Å². The standard InChI is InChI=1S/C17H14FN5O2/c18-12-6-4-5-11(9-12)15(24)25-10-14-21-16(19)23-17(22-14)20-13-7-2-1-3-8-13/h1-9H,10H2,(H3,19,20,21,22,23). The number of ether oxygens (including phenoxy) is 1. The third-order valence-corrected chi connectivity index (χ3v) is 3.12. The molecular weight excluding hydrogens is 325 g/mol. The lowest BCUT2D eigenvalue weighted by Gasteiger charge is -2.08. The second kappa shape index (κ2) is 7.35. The van der Waals surface area contributed by atoms with Crippen LogP contribution in [0, 0.1) is 5.82 Å². The van der Waals surface area contributed by atoms with Gasteiger partial charge in [-0.15, -0.1) is 0 Å². The SMILES string of the molecule is Nc1nc(COC(=O)c2cccc(F)c2)nc(Nc2ccccc2)n1. The quantitative estimate of drug-likeness (QED) is 0.689. The van der Waals surface area contributed by atoms with Crippen molar-refractivity contribution in [3.63, 3.8) is 0 Å². The molecule has 7 nitrogen and oxygen atoms in total. The first-order valence-electron chi connectivity index (χ1n) is 7.35. The number of para-hydroxylation sites is 1. The van der Waals surface area contributed by atoms with Crippen LogP contribution in [0.1, 0.15) is 16.2 Å². The molecule has 0 saturated heterocycles. The molecule has 1 aromatic heterocycles. The number of aromatic nitrogens is 3. The maximum atomic E-state index is 13.1. The summed E-state index contributed by atoms with van der Waals surface area (Å²) in [5, 5.41) is 2.98. The maximum Gasteiger partial charge on any atom is 0.338 e. The zero-order valence-corrected chi connectivity index (χ0v) is 13.0. The van der Waals surface area contributed by atoms with Crippen LogP contribution in [0.4, 0.5) is 22.0 Å². The number of anilines is 3. The largest absolute Gasteiger partial charge is 0.454 e. The minimum absolute atomic E-state index is 0.00904. The van der Waals surface area contributed by atoms with Crippen molar-refractivity contribution in [3.05, 3.63) is 71.8 Å². The Hall–Kier alpha value is -3.55. The van der Waals surface area contributed by atoms with Gasteiger partial charge in [0.25, 0.3) is 0 Å². The summed E-state index contributed by atoms with van der Waals surface area (Å²) in [4.78, 5) is 24.0. The molecule has 0 unspecified atom stereocenters. The molecule has 0 fully saturated rings. The lowest BCUT2D eigenvalue weighted by Crippen LogP contribution is -2.11. The lowest BCUT2D eigenvalue weighted by molar-refractivity contribution is 0.0461. The van der Waals surface area contributed by atoms with Crippen molar-refractivity contribution >= 4 is 23.6 Å². The molecule has 3 rings (SSSR count). The summed E-state index contributed by atoms with van der Waals surface area (Å²) >= 11 is 0. The Morgan fingerprint density at radius 2 is 1.88 bits per heavy atom. The second-order valence-corrected chi connectivity index (χ2v) is 5.01. The first-order valence-corrected chi connectivity index (χ1v) is 7.35. The highest BCUT2D eigenvalue weighted by atomic mass is 19.1. The minimum atomic E-state index is -0.684. The van der Waals surface area contributed by atoms with Gasteiger partial charge in [-0.2, -0.15) is 15.0 Å². The minimum Gasteiger partial charge on any atom is -0.454 e. The lowest BCUT2D eigenvalue weighted by atomic mass is 10.2. The van der Waals surface area contributed by atoms with Crippen molar-refractivity contribution in [1.29, 1.82) is 0 Å². The second-order valence-electron chi connectivity index (χ2n) is 5.01. The molecule has 0 atom stereocenters. The molecule has 3 aromatic rings. The number of rotatable bonds is 5. The number of nitrogens with zero attached hydrogens (tertiary/aromatic N) is 3. The Kier molecular flexibility index (Phi) is 4.79. The summed E-state index contributed by atoms with van der Waals surface area (Å²) in [7, 11) is 0. The summed E-state index contributed by atoms with van der Waals surface area (Å²) in [6, 6.07) is 14.5. The van der Waals surface area contributed by atoms with Gasteiger partial charge in [-0.25, -0.2) is 9.18 Å². The van der Waals surface area contributed by atoms with E-state index in [1.54, 1.807) is 0 Å². The highest BCUT2D eigenvalue weighted by molar-refractivity contribution is 5.89. The molecule has 126 valence electrons. The predicted octanol–water partition coefficient (Wildman–Crippen LogP) is 2.69. The van der Waals surface area contributed by atoms with Crippen molar-refractivity contribution in [2.45, 2.75) is 6.61 Å². The number of nitrogens with two attached hydrogens (primary N) is 1. The number of benzene rings is 2. The third-order valence-electron chi connectivity index (χ3n) is 3.12. The van der Waals surface area contributed by atoms with Gasteiger partial charge in [0.1, 0.15) is 5.82 Å². The molecular formula is C17H14FN5O2. The fourth-order valence-electron chi connectivity index (χ4n) is 2.04. The van der Waals surface area contributed by atoms with E-state index in [0.717, 1.165) is 11.8 Å². The van der Waals surface area contributed by atoms with E-state index in [9.17, 15) is 9.18 Å². The Morgan fingerprint density at radius 3 is 2.64 bits per heavy atom. The number of nitrogens with one attached hydrogen (secondary N) is 1. The first kappa shape index (κ1) is 16.3. The molecule has 0 aliphatic heterocycles. The van der Waals surface area contributed by atoms with Gasteiger partial charge in [0.15, 0.2) is 12.4 Å². The zero-order chi connectivity index (χ0) is 17.6. The van der Waals surface area contributed by atoms with Gasteiger partial charge in [0, 0.05) is 5.69 Å². The molecule has 1 heterocycles. The van der Waals surface area contributed by atoms with E-state index in [4.69, 9.17) is 10.5 Å². The van der Waals surface area contributed by atoms with E-state index in [1.165, 1.54) is 18.2 Å². The summed E-state index contributed by atoms with van der Waals surface area (Å²) in [6.07, 6.45) is 0. The van der Waals surface area contributed by atoms with Crippen LogP contribution < -0.4 is 11.1 Å². The van der Waals surface area contributed by atoms with Crippen molar-refractivity contribution < 1.29 is 13.9 Å². The fraction of sp³-hybridized carbons (Fsp3) is 0.0588. The van der Waals surface area contributed by atoms with Crippen molar-refractivity contribution in [3.8, 4) is 0 Å². The van der Waals surface area contributed by atoms with Gasteiger partial charge >= 0.3 is 5.97 Å². The predicted molar refractivity (Wildman–Crippen MR) is 89.5 cm³/mol. The van der Waals surface area contributed by atoms with Crippen molar-refractivity contribution in [2.24, 2.45) is 0 Å². The highest BCUT2D eigenvalue weighted by Crippen LogP contribution is 2.13. The molecule has 0 saturated carbocycles. The van der Waals surface area contributed by atoms with E-state index >= 15 is 0 Å². The number of hydrogen-bond donors (Lipinski definition) is 2. The van der Waals surface area contributed by atoms with E-state index in [0.29, 0.717) is 0 Å². The monoisotopic (exact) mass is 339 g/mol. The Labute approximate surface area is 142 Å². The molecule has 8 heteroatoms. The normalized spacial score (nSPS) is 10.3. The van der Waals surface area contributed by atoms with Crippen LogP contribution in [-0.2, 0) is 11.3 Å². The molecule has 2 aromatic carbocycles. The summed E-state index contributed by atoms with van der Waals surface area (Å²) in [5.74, 6) is -0.805. The number of halogens is 1. The molecule has 25 heavy (non-hydrogen) atoms. The molecule has 0 bridgehead atoms. The van der Waals surface area contributed by atoms with Crippen LogP contribution in [0.3, 0.4) is 0 Å². The van der Waals surface area contributed by atoms with Crippen LogP contribution in [0.5, 0.6) is 0 Å². The Bertz CT molecular complexity index is 889. The summed E-state index contributed by atoms with van der Waals surface area (Å²) in [5.41, 5.74) is 6.53. The van der Waals surface area contributed by atoms with Crippen LogP contribution in [0.2, 0.25) is 0 Å². The zero-order valence-electron chi connectivity index (χ0n) is 13.0. The number of carbonyl (C=O) groups is 1. The van der Waals surface area contributed by atoms with E-state index < -0.39 is 11.8 Å². The summed E-state index contributed by atoms with van der Waals surface area (Å²) in [6.45, 7) is -0.217. The smallest absolute Gasteiger partial charge is 0.338 e. The van der Waals surface area contributed by atoms with Gasteiger partial charge in [-0.3, -0.25) is 0 Å². The van der Waals surface area contributed by atoms with Crippen LogP contribution in [0.15, 0.2) is 54.6 Å². The molecule has 0 spiro atoms. The van der Waals surface area contributed by atoms with Crippen LogP contribution in [0.25, 0.3) is 0 Å². The van der Waals surface area contributed by atoms with E-state index in [-0.39, 0.29) is 29.9 Å². The van der Waals surface area contributed by atoms with Gasteiger partial charge in [0.2, 0.25) is 11.9 Å². The van der Waals surface area contributed by atoms with Gasteiger partial charge < -0.3 is 15.8 Å². The van der Waals surface area contributed by atoms with Gasteiger partial charge in [0.05, 0.1) is 5.56 Å². The number of hydrogen-bond acceptors (Lipinski definition) is 7. The fourth-order valence-corrected chi connectivity index (χ4v) is 2.04. The Balaban J connectivity index is 1.69. The third kappa shape index (κ3) is 4.47. The van der Waals surface area contributed by atoms with Gasteiger partial charge in [-0.05, 0) is 30.3 Å². The number of esters is 1. The topological polar surface area (TPSA) is 103 Å². The number of carbonyl (C=O) groups excluding carboxylic acids is 1. The van der Waals surface area contributed by atoms with Crippen LogP contribution >= 0.6 is 0 Å². The average molecular weight is 339 g/mol. The van der Waals surface area contributed by atoms with Crippen LogP contribution in [-0.4, -0.2) is 20.9 Å². The molecule has 0 aliphatic carbocycles. The van der Waals surface area contributed by atoms with Crippen molar-refractivity contribution in [1.82, 2.24) is 15.0 Å². The van der Waals surface area contributed by atoms with Crippen molar-refractivity contribution in [2.75, 3.05) is 11.1 Å². The molecule has 0 radical (unpaired) electrons. The first-order chi connectivity index (χ1) is 12.1. The molecule has 3 N–H and O–H groups in total. The van der Waals surface area contributed by atoms with E-state index in [2.05, 4.69) is 20.3 Å². The summed E-state index contributed by atoms with van der Waals surface area (Å²) < 4.78 is 18.2. The Morgan fingerprint density at radius 1 is 1.08 bits per heavy atom. The average Bonchev–Trinajstić information content (AvgIpc) is 2.60. The molecule has 0 aliphatic rings. The molecule has 0 amide bonds. The maximum absolute atomic E-state index is 13.1. The highest BCUT2D eigenvalue weighted by Gasteiger charge is 2.11. The van der Waals surface area contributed by atoms with Gasteiger partial charge in [-0.1, -0.05) is 24.3 Å².